The van der Waals surface area contributed by atoms with Crippen LogP contribution >= 0.6 is 0 Å². The number of aromatic nitrogens is 2. The molecule has 0 radical (unpaired) electrons. The number of benzene rings is 2. The van der Waals surface area contributed by atoms with Gasteiger partial charge in [-0.1, -0.05) is 30.3 Å². The van der Waals surface area contributed by atoms with E-state index in [1.807, 2.05) is 24.3 Å². The maximum Gasteiger partial charge on any atom is 0.231 e. The van der Waals surface area contributed by atoms with Crippen LogP contribution in [0, 0.1) is 0 Å². The van der Waals surface area contributed by atoms with Crippen molar-refractivity contribution in [1.82, 2.24) is 14.9 Å². The van der Waals surface area contributed by atoms with E-state index in [0.717, 1.165) is 41.3 Å². The zero-order valence-electron chi connectivity index (χ0n) is 17.6. The zero-order valence-corrected chi connectivity index (χ0v) is 17.6. The summed E-state index contributed by atoms with van der Waals surface area (Å²) in [7, 11) is 4.14. The highest BCUT2D eigenvalue weighted by molar-refractivity contribution is 5.89. The second-order valence-corrected chi connectivity index (χ2v) is 7.64. The first-order valence-corrected chi connectivity index (χ1v) is 10.2. The molecule has 2 N–H and O–H groups in total. The third-order valence-corrected chi connectivity index (χ3v) is 5.04. The van der Waals surface area contributed by atoms with Gasteiger partial charge in [-0.25, -0.2) is 9.97 Å². The Bertz CT molecular complexity index is 1090. The summed E-state index contributed by atoms with van der Waals surface area (Å²) in [6, 6.07) is 20.7. The molecule has 4 aromatic rings. The Morgan fingerprint density at radius 3 is 2.50 bits per heavy atom. The minimum absolute atomic E-state index is 0.121. The standard InChI is InChI=1S/C24H27N5O/c1-17(18-7-5-4-6-8-18)28-23-21-15-22(30-24(21)27-16-26-23)19-9-11-20(12-10-19)25-13-14-29(2)3/h4-12,15-17,25H,13-14H2,1-3H3,(H,26,27,28)/t17-/m1/s1. The number of furan rings is 1. The normalized spacial score (nSPS) is 12.3. The SMILES string of the molecule is C[C@@H](Nc1ncnc2oc(-c3ccc(NCCN(C)C)cc3)cc12)c1ccccc1. The van der Waals surface area contributed by atoms with Gasteiger partial charge in [0.2, 0.25) is 5.71 Å². The van der Waals surface area contributed by atoms with Gasteiger partial charge in [0.05, 0.1) is 5.39 Å². The number of nitrogens with one attached hydrogen (secondary N) is 2. The van der Waals surface area contributed by atoms with E-state index < -0.39 is 0 Å². The van der Waals surface area contributed by atoms with Crippen molar-refractivity contribution >= 4 is 22.6 Å². The summed E-state index contributed by atoms with van der Waals surface area (Å²) in [6.45, 7) is 4.01. The van der Waals surface area contributed by atoms with Crippen LogP contribution in [0.15, 0.2) is 71.4 Å². The van der Waals surface area contributed by atoms with Crippen molar-refractivity contribution in [3.05, 3.63) is 72.6 Å². The summed E-state index contributed by atoms with van der Waals surface area (Å²) >= 11 is 0. The molecule has 6 heteroatoms. The molecule has 2 heterocycles. The Labute approximate surface area is 177 Å². The second kappa shape index (κ2) is 8.97. The summed E-state index contributed by atoms with van der Waals surface area (Å²) in [5.41, 5.74) is 3.88. The summed E-state index contributed by atoms with van der Waals surface area (Å²) < 4.78 is 6.02. The van der Waals surface area contributed by atoms with Gasteiger partial charge in [-0.05, 0) is 56.9 Å². The smallest absolute Gasteiger partial charge is 0.231 e. The van der Waals surface area contributed by atoms with Crippen molar-refractivity contribution in [3.8, 4) is 11.3 Å². The summed E-state index contributed by atoms with van der Waals surface area (Å²) in [5, 5.41) is 7.78. The fourth-order valence-corrected chi connectivity index (χ4v) is 3.32. The lowest BCUT2D eigenvalue weighted by Crippen LogP contribution is -2.20. The molecule has 0 aliphatic rings. The topological polar surface area (TPSA) is 66.2 Å². The van der Waals surface area contributed by atoms with Gasteiger partial charge in [-0.2, -0.15) is 0 Å². The molecule has 0 fully saturated rings. The Morgan fingerprint density at radius 1 is 1.00 bits per heavy atom. The van der Waals surface area contributed by atoms with Crippen LogP contribution in [0.1, 0.15) is 18.5 Å². The van der Waals surface area contributed by atoms with Gasteiger partial charge in [0.25, 0.3) is 0 Å². The molecule has 154 valence electrons. The van der Waals surface area contributed by atoms with Crippen molar-refractivity contribution in [2.75, 3.05) is 37.8 Å². The molecule has 6 nitrogen and oxygen atoms in total. The molecule has 0 aliphatic carbocycles. The van der Waals surface area contributed by atoms with Gasteiger partial charge < -0.3 is 20.0 Å². The third-order valence-electron chi connectivity index (χ3n) is 5.04. The summed E-state index contributed by atoms with van der Waals surface area (Å²) in [4.78, 5) is 10.9. The zero-order chi connectivity index (χ0) is 20.9. The molecule has 4 rings (SSSR count). The number of nitrogens with zero attached hydrogens (tertiary/aromatic N) is 3. The average molecular weight is 402 g/mol. The van der Waals surface area contributed by atoms with E-state index in [9.17, 15) is 0 Å². The van der Waals surface area contributed by atoms with Crippen molar-refractivity contribution in [2.24, 2.45) is 0 Å². The summed E-state index contributed by atoms with van der Waals surface area (Å²) in [6.07, 6.45) is 1.54. The molecule has 2 aromatic carbocycles. The largest absolute Gasteiger partial charge is 0.438 e. The molecule has 0 unspecified atom stereocenters. The van der Waals surface area contributed by atoms with Crippen LogP contribution in [-0.2, 0) is 0 Å². The van der Waals surface area contributed by atoms with Gasteiger partial charge in [-0.3, -0.25) is 0 Å². The van der Waals surface area contributed by atoms with Gasteiger partial charge in [0.15, 0.2) is 0 Å². The van der Waals surface area contributed by atoms with Gasteiger partial charge in [-0.15, -0.1) is 0 Å². The van der Waals surface area contributed by atoms with E-state index in [2.05, 4.69) is 82.9 Å². The monoisotopic (exact) mass is 401 g/mol. The predicted octanol–water partition coefficient (Wildman–Crippen LogP) is 5.04. The van der Waals surface area contributed by atoms with Crippen molar-refractivity contribution in [2.45, 2.75) is 13.0 Å². The van der Waals surface area contributed by atoms with E-state index in [1.165, 1.54) is 11.9 Å². The molecule has 0 spiro atoms. The number of fused-ring (bicyclic) bond motifs is 1. The molecule has 1 atom stereocenters. The van der Waals surface area contributed by atoms with Crippen LogP contribution in [0.3, 0.4) is 0 Å². The van der Waals surface area contributed by atoms with Crippen molar-refractivity contribution in [3.63, 3.8) is 0 Å². The lowest BCUT2D eigenvalue weighted by molar-refractivity contribution is 0.425. The van der Waals surface area contributed by atoms with Crippen LogP contribution < -0.4 is 10.6 Å². The minimum atomic E-state index is 0.121. The molecular weight excluding hydrogens is 374 g/mol. The third kappa shape index (κ3) is 4.60. The summed E-state index contributed by atoms with van der Waals surface area (Å²) in [5.74, 6) is 1.55. The van der Waals surface area contributed by atoms with E-state index in [4.69, 9.17) is 4.42 Å². The molecule has 2 aromatic heterocycles. The number of likely N-dealkylation sites (N-methyl/N-ethyl adjacent to an activating group) is 1. The lowest BCUT2D eigenvalue weighted by Gasteiger charge is -2.14. The van der Waals surface area contributed by atoms with Gasteiger partial charge in [0, 0.05) is 30.4 Å². The Morgan fingerprint density at radius 2 is 1.77 bits per heavy atom. The molecule has 0 saturated heterocycles. The highest BCUT2D eigenvalue weighted by Gasteiger charge is 2.14. The first-order valence-electron chi connectivity index (χ1n) is 10.2. The van der Waals surface area contributed by atoms with Crippen LogP contribution in [0.25, 0.3) is 22.4 Å². The maximum atomic E-state index is 6.02. The van der Waals surface area contributed by atoms with Crippen LogP contribution in [-0.4, -0.2) is 42.1 Å². The molecule has 0 bridgehead atoms. The Kier molecular flexibility index (Phi) is 5.95. The van der Waals surface area contributed by atoms with Crippen LogP contribution in [0.5, 0.6) is 0 Å². The second-order valence-electron chi connectivity index (χ2n) is 7.64. The highest BCUT2D eigenvalue weighted by Crippen LogP contribution is 2.31. The quantitative estimate of drug-likeness (QED) is 0.431. The van der Waals surface area contributed by atoms with Crippen LogP contribution in [0.4, 0.5) is 11.5 Å². The predicted molar refractivity (Wildman–Crippen MR) is 123 cm³/mol. The van der Waals surface area contributed by atoms with E-state index >= 15 is 0 Å². The van der Waals surface area contributed by atoms with Crippen LogP contribution in [0.2, 0.25) is 0 Å². The number of anilines is 2. The number of hydrogen-bond acceptors (Lipinski definition) is 6. The Hall–Kier alpha value is -3.38. The fraction of sp³-hybridized carbons (Fsp3) is 0.250. The molecule has 0 aliphatic heterocycles. The number of rotatable bonds is 8. The van der Waals surface area contributed by atoms with E-state index in [0.29, 0.717) is 5.71 Å². The van der Waals surface area contributed by atoms with E-state index in [1.54, 1.807) is 0 Å². The fourth-order valence-electron chi connectivity index (χ4n) is 3.32. The highest BCUT2D eigenvalue weighted by atomic mass is 16.3. The van der Waals surface area contributed by atoms with Crippen molar-refractivity contribution < 1.29 is 4.42 Å². The van der Waals surface area contributed by atoms with Gasteiger partial charge >= 0.3 is 0 Å². The first kappa shape index (κ1) is 19.9. The molecule has 0 amide bonds. The van der Waals surface area contributed by atoms with Crippen molar-refractivity contribution in [1.29, 1.82) is 0 Å². The first-order chi connectivity index (χ1) is 14.6. The minimum Gasteiger partial charge on any atom is -0.438 e. The number of hydrogen-bond donors (Lipinski definition) is 2. The maximum absolute atomic E-state index is 6.02. The lowest BCUT2D eigenvalue weighted by atomic mass is 10.1. The van der Waals surface area contributed by atoms with Gasteiger partial charge in [0.1, 0.15) is 17.9 Å². The molecular formula is C24H27N5O. The molecule has 0 saturated carbocycles. The molecule has 30 heavy (non-hydrogen) atoms. The average Bonchev–Trinajstić information content (AvgIpc) is 3.20. The Balaban J connectivity index is 1.53. The van der Waals surface area contributed by atoms with E-state index in [-0.39, 0.29) is 6.04 Å².